The maximum atomic E-state index is 12.1. The van der Waals surface area contributed by atoms with Crippen molar-refractivity contribution < 1.29 is 14.0 Å². The Hall–Kier alpha value is -2.30. The highest BCUT2D eigenvalue weighted by molar-refractivity contribution is 6.05. The van der Waals surface area contributed by atoms with E-state index < -0.39 is 0 Å². The number of fused-ring (bicyclic) bond motifs is 1. The predicted octanol–water partition coefficient (Wildman–Crippen LogP) is 1.69. The summed E-state index contributed by atoms with van der Waals surface area (Å²) in [6, 6.07) is 7.15. The molecule has 1 fully saturated rings. The average Bonchev–Trinajstić information content (AvgIpc) is 3.20. The molecule has 3 rings (SSSR count). The lowest BCUT2D eigenvalue weighted by Gasteiger charge is -2.07. The minimum Gasteiger partial charge on any atom is -0.464 e. The first kappa shape index (κ1) is 12.7. The maximum Gasteiger partial charge on any atom is 0.252 e. The lowest BCUT2D eigenvalue weighted by Crippen LogP contribution is -2.35. The first-order valence-electron chi connectivity index (χ1n) is 6.78. The van der Waals surface area contributed by atoms with Crippen LogP contribution in [0.15, 0.2) is 34.9 Å². The Morgan fingerprint density at radius 3 is 2.75 bits per heavy atom. The van der Waals surface area contributed by atoms with Gasteiger partial charge in [-0.3, -0.25) is 9.59 Å². The van der Waals surface area contributed by atoms with Crippen molar-refractivity contribution in [3.63, 3.8) is 0 Å². The number of nitrogens with one attached hydrogen (secondary N) is 2. The van der Waals surface area contributed by atoms with Gasteiger partial charge in [0.15, 0.2) is 0 Å². The lowest BCUT2D eigenvalue weighted by atomic mass is 10.1. The molecule has 5 nitrogen and oxygen atoms in total. The third-order valence-electron chi connectivity index (χ3n) is 3.40. The van der Waals surface area contributed by atoms with Crippen LogP contribution in [0.5, 0.6) is 0 Å². The van der Waals surface area contributed by atoms with Crippen LogP contribution in [0, 0.1) is 5.92 Å². The summed E-state index contributed by atoms with van der Waals surface area (Å²) in [6.45, 7) is 0.883. The molecule has 1 saturated carbocycles. The number of carbonyl (C=O) groups is 2. The van der Waals surface area contributed by atoms with Crippen LogP contribution in [0.2, 0.25) is 0 Å². The van der Waals surface area contributed by atoms with Crippen molar-refractivity contribution >= 4 is 22.8 Å². The number of amides is 2. The Morgan fingerprint density at radius 1 is 1.15 bits per heavy atom. The normalized spacial score (nSPS) is 14.2. The van der Waals surface area contributed by atoms with Crippen molar-refractivity contribution in [2.24, 2.45) is 5.92 Å². The van der Waals surface area contributed by atoms with Gasteiger partial charge in [0.25, 0.3) is 5.91 Å². The summed E-state index contributed by atoms with van der Waals surface area (Å²) in [5.74, 6) is 0.138. The van der Waals surface area contributed by atoms with Gasteiger partial charge in [0.2, 0.25) is 5.91 Å². The van der Waals surface area contributed by atoms with E-state index in [1.54, 1.807) is 24.5 Å². The van der Waals surface area contributed by atoms with E-state index in [0.717, 1.165) is 18.2 Å². The van der Waals surface area contributed by atoms with E-state index in [9.17, 15) is 9.59 Å². The topological polar surface area (TPSA) is 71.3 Å². The van der Waals surface area contributed by atoms with Crippen LogP contribution in [0.1, 0.15) is 23.2 Å². The highest BCUT2D eigenvalue weighted by atomic mass is 16.3. The van der Waals surface area contributed by atoms with E-state index in [-0.39, 0.29) is 17.7 Å². The molecule has 2 aromatic rings. The standard InChI is InChI=1S/C15H16N2O3/c18-14(10-4-5-10)16-7-8-17-15(19)12-2-1-3-13-11(12)6-9-20-13/h1-3,6,9-10H,4-5,7-8H2,(H,16,18)(H,17,19). The lowest BCUT2D eigenvalue weighted by molar-refractivity contribution is -0.122. The molecule has 1 aromatic heterocycles. The number of rotatable bonds is 5. The van der Waals surface area contributed by atoms with Gasteiger partial charge in [0.05, 0.1) is 11.8 Å². The molecular formula is C15H16N2O3. The molecular weight excluding hydrogens is 256 g/mol. The molecule has 0 radical (unpaired) electrons. The number of hydrogen-bond donors (Lipinski definition) is 2. The van der Waals surface area contributed by atoms with Gasteiger partial charge in [-0.05, 0) is 31.0 Å². The average molecular weight is 272 g/mol. The minimum absolute atomic E-state index is 0.0937. The van der Waals surface area contributed by atoms with Gasteiger partial charge in [0, 0.05) is 24.4 Å². The fourth-order valence-corrected chi connectivity index (χ4v) is 2.14. The molecule has 0 saturated heterocycles. The van der Waals surface area contributed by atoms with Gasteiger partial charge >= 0.3 is 0 Å². The van der Waals surface area contributed by atoms with Crippen LogP contribution in [0.3, 0.4) is 0 Å². The van der Waals surface area contributed by atoms with E-state index >= 15 is 0 Å². The number of carbonyl (C=O) groups excluding carboxylic acids is 2. The quantitative estimate of drug-likeness (QED) is 0.814. The van der Waals surface area contributed by atoms with Crippen LogP contribution >= 0.6 is 0 Å². The molecule has 0 unspecified atom stereocenters. The molecule has 1 aromatic carbocycles. The number of benzene rings is 1. The van der Waals surface area contributed by atoms with Gasteiger partial charge in [-0.2, -0.15) is 0 Å². The fraction of sp³-hybridized carbons (Fsp3) is 0.333. The van der Waals surface area contributed by atoms with Crippen molar-refractivity contribution in [2.45, 2.75) is 12.8 Å². The second-order valence-corrected chi connectivity index (χ2v) is 4.96. The van der Waals surface area contributed by atoms with E-state index in [2.05, 4.69) is 10.6 Å². The molecule has 0 aliphatic heterocycles. The summed E-state index contributed by atoms with van der Waals surface area (Å²) >= 11 is 0. The van der Waals surface area contributed by atoms with Crippen LogP contribution in [0.4, 0.5) is 0 Å². The van der Waals surface area contributed by atoms with Crippen molar-refractivity contribution in [1.82, 2.24) is 10.6 Å². The molecule has 2 N–H and O–H groups in total. The van der Waals surface area contributed by atoms with E-state index in [1.165, 1.54) is 0 Å². The zero-order chi connectivity index (χ0) is 13.9. The Labute approximate surface area is 116 Å². The first-order valence-corrected chi connectivity index (χ1v) is 6.78. The van der Waals surface area contributed by atoms with Crippen molar-refractivity contribution in [3.05, 3.63) is 36.1 Å². The second-order valence-electron chi connectivity index (χ2n) is 4.96. The Morgan fingerprint density at radius 2 is 1.95 bits per heavy atom. The van der Waals surface area contributed by atoms with Gasteiger partial charge in [-0.25, -0.2) is 0 Å². The monoisotopic (exact) mass is 272 g/mol. The Kier molecular flexibility index (Phi) is 3.41. The molecule has 1 heterocycles. The van der Waals surface area contributed by atoms with E-state index in [1.807, 2.05) is 6.07 Å². The highest BCUT2D eigenvalue weighted by Crippen LogP contribution is 2.28. The predicted molar refractivity (Wildman–Crippen MR) is 74.3 cm³/mol. The zero-order valence-electron chi connectivity index (χ0n) is 11.0. The Balaban J connectivity index is 1.53. The summed E-state index contributed by atoms with van der Waals surface area (Å²) < 4.78 is 5.26. The fourth-order valence-electron chi connectivity index (χ4n) is 2.14. The summed E-state index contributed by atoms with van der Waals surface area (Å²) in [5, 5.41) is 6.41. The molecule has 0 spiro atoms. The molecule has 2 amide bonds. The summed E-state index contributed by atoms with van der Waals surface area (Å²) in [6.07, 6.45) is 3.54. The van der Waals surface area contributed by atoms with Gasteiger partial charge in [-0.1, -0.05) is 6.07 Å². The summed E-state index contributed by atoms with van der Waals surface area (Å²) in [4.78, 5) is 23.5. The highest BCUT2D eigenvalue weighted by Gasteiger charge is 2.28. The van der Waals surface area contributed by atoms with E-state index in [4.69, 9.17) is 4.42 Å². The van der Waals surface area contributed by atoms with Crippen molar-refractivity contribution in [1.29, 1.82) is 0 Å². The summed E-state index contributed by atoms with van der Waals surface area (Å²) in [5.41, 5.74) is 1.28. The van der Waals surface area contributed by atoms with Crippen LogP contribution in [-0.2, 0) is 4.79 Å². The van der Waals surface area contributed by atoms with Crippen LogP contribution < -0.4 is 10.6 Å². The van der Waals surface area contributed by atoms with Crippen molar-refractivity contribution in [2.75, 3.05) is 13.1 Å². The third-order valence-corrected chi connectivity index (χ3v) is 3.40. The maximum absolute atomic E-state index is 12.1. The van der Waals surface area contributed by atoms with Gasteiger partial charge in [-0.15, -0.1) is 0 Å². The van der Waals surface area contributed by atoms with Crippen LogP contribution in [-0.4, -0.2) is 24.9 Å². The molecule has 1 aliphatic rings. The van der Waals surface area contributed by atoms with Crippen molar-refractivity contribution in [3.8, 4) is 0 Å². The van der Waals surface area contributed by atoms with E-state index in [0.29, 0.717) is 24.2 Å². The molecule has 5 heteroatoms. The molecule has 0 atom stereocenters. The van der Waals surface area contributed by atoms with Gasteiger partial charge < -0.3 is 15.1 Å². The number of furan rings is 1. The minimum atomic E-state index is -0.155. The Bertz CT molecular complexity index is 643. The molecule has 20 heavy (non-hydrogen) atoms. The smallest absolute Gasteiger partial charge is 0.252 e. The summed E-state index contributed by atoms with van der Waals surface area (Å²) in [7, 11) is 0. The SMILES string of the molecule is O=C(NCCNC(=O)C1CC1)c1cccc2occc12. The largest absolute Gasteiger partial charge is 0.464 e. The zero-order valence-corrected chi connectivity index (χ0v) is 11.0. The number of hydrogen-bond acceptors (Lipinski definition) is 3. The second kappa shape index (κ2) is 5.36. The molecule has 0 bridgehead atoms. The third kappa shape index (κ3) is 2.66. The van der Waals surface area contributed by atoms with Gasteiger partial charge in [0.1, 0.15) is 5.58 Å². The molecule has 1 aliphatic carbocycles. The van der Waals surface area contributed by atoms with Crippen LogP contribution in [0.25, 0.3) is 11.0 Å². The first-order chi connectivity index (χ1) is 9.75. The molecule has 104 valence electrons.